The van der Waals surface area contributed by atoms with Crippen molar-refractivity contribution >= 4 is 29.9 Å². The fraction of sp³-hybridized carbons (Fsp3) is 0.857. The zero-order chi connectivity index (χ0) is 19.3. The summed E-state index contributed by atoms with van der Waals surface area (Å²) >= 11 is 0. The molecule has 0 radical (unpaired) electrons. The van der Waals surface area contributed by atoms with Gasteiger partial charge in [-0.3, -0.25) is 4.99 Å². The van der Waals surface area contributed by atoms with Gasteiger partial charge in [0.05, 0.1) is 0 Å². The molecule has 0 saturated heterocycles. The maximum absolute atomic E-state index is 4.82. The lowest BCUT2D eigenvalue weighted by Crippen LogP contribution is -2.38. The molecule has 6 nitrogen and oxygen atoms in total. The SMILES string of the molecule is CCCCC(CC)CN=C(NCC)NCCCc1nnc2n1CCCCC2.I. The monoisotopic (exact) mass is 504 g/mol. The van der Waals surface area contributed by atoms with Gasteiger partial charge in [0.1, 0.15) is 11.6 Å². The molecular formula is C21H41IN6. The van der Waals surface area contributed by atoms with Gasteiger partial charge in [0.15, 0.2) is 5.96 Å². The van der Waals surface area contributed by atoms with Gasteiger partial charge >= 0.3 is 0 Å². The van der Waals surface area contributed by atoms with Crippen molar-refractivity contribution in [3.05, 3.63) is 11.6 Å². The molecule has 2 rings (SSSR count). The molecule has 0 amide bonds. The van der Waals surface area contributed by atoms with Crippen LogP contribution in [0.25, 0.3) is 0 Å². The van der Waals surface area contributed by atoms with Crippen molar-refractivity contribution in [3.8, 4) is 0 Å². The Bertz CT molecular complexity index is 557. The van der Waals surface area contributed by atoms with Gasteiger partial charge in [-0.2, -0.15) is 0 Å². The van der Waals surface area contributed by atoms with Crippen LogP contribution in [0.3, 0.4) is 0 Å². The number of hydrogen-bond acceptors (Lipinski definition) is 3. The summed E-state index contributed by atoms with van der Waals surface area (Å²) < 4.78 is 2.35. The maximum atomic E-state index is 4.82. The molecule has 1 aliphatic heterocycles. The molecular weight excluding hydrogens is 463 g/mol. The molecule has 1 aliphatic rings. The highest BCUT2D eigenvalue weighted by Crippen LogP contribution is 2.15. The molecule has 1 aromatic heterocycles. The quantitative estimate of drug-likeness (QED) is 0.204. The van der Waals surface area contributed by atoms with Gasteiger partial charge in [-0.1, -0.05) is 39.5 Å². The van der Waals surface area contributed by atoms with E-state index in [0.717, 1.165) is 57.2 Å². The van der Waals surface area contributed by atoms with Crippen molar-refractivity contribution < 1.29 is 0 Å². The third-order valence-corrected chi connectivity index (χ3v) is 5.45. The predicted molar refractivity (Wildman–Crippen MR) is 129 cm³/mol. The predicted octanol–water partition coefficient (Wildman–Crippen LogP) is 4.33. The zero-order valence-corrected chi connectivity index (χ0v) is 20.5. The van der Waals surface area contributed by atoms with E-state index < -0.39 is 0 Å². The summed E-state index contributed by atoms with van der Waals surface area (Å²) in [6.07, 6.45) is 12.0. The largest absolute Gasteiger partial charge is 0.357 e. The molecule has 1 aromatic rings. The smallest absolute Gasteiger partial charge is 0.191 e. The lowest BCUT2D eigenvalue weighted by atomic mass is 10.00. The van der Waals surface area contributed by atoms with Gasteiger partial charge in [0, 0.05) is 39.0 Å². The highest BCUT2D eigenvalue weighted by molar-refractivity contribution is 14.0. The maximum Gasteiger partial charge on any atom is 0.191 e. The summed E-state index contributed by atoms with van der Waals surface area (Å²) in [5.41, 5.74) is 0. The van der Waals surface area contributed by atoms with Crippen molar-refractivity contribution in [2.24, 2.45) is 10.9 Å². The molecule has 0 spiro atoms. The van der Waals surface area contributed by atoms with Crippen LogP contribution in [-0.4, -0.2) is 40.4 Å². The molecule has 7 heteroatoms. The van der Waals surface area contributed by atoms with Crippen molar-refractivity contribution in [2.45, 2.75) is 91.5 Å². The van der Waals surface area contributed by atoms with Gasteiger partial charge < -0.3 is 15.2 Å². The summed E-state index contributed by atoms with van der Waals surface area (Å²) in [5, 5.41) is 15.7. The van der Waals surface area contributed by atoms with Crippen LogP contribution in [0.2, 0.25) is 0 Å². The van der Waals surface area contributed by atoms with E-state index in [0.29, 0.717) is 5.92 Å². The minimum absolute atomic E-state index is 0. The number of hydrogen-bond donors (Lipinski definition) is 2. The lowest BCUT2D eigenvalue weighted by Gasteiger charge is -2.15. The van der Waals surface area contributed by atoms with Crippen LogP contribution in [0.15, 0.2) is 4.99 Å². The lowest BCUT2D eigenvalue weighted by molar-refractivity contribution is 0.461. The topological polar surface area (TPSA) is 67.1 Å². The van der Waals surface area contributed by atoms with Crippen LogP contribution in [-0.2, 0) is 19.4 Å². The third kappa shape index (κ3) is 8.66. The minimum atomic E-state index is 0. The first-order chi connectivity index (χ1) is 13.3. The first-order valence-electron chi connectivity index (χ1n) is 11.2. The summed E-state index contributed by atoms with van der Waals surface area (Å²) in [4.78, 5) is 4.82. The Kier molecular flexibility index (Phi) is 13.5. The van der Waals surface area contributed by atoms with E-state index in [1.165, 1.54) is 50.8 Å². The van der Waals surface area contributed by atoms with Gasteiger partial charge in [-0.05, 0) is 38.5 Å². The second kappa shape index (κ2) is 15.0. The van der Waals surface area contributed by atoms with E-state index in [2.05, 4.69) is 46.2 Å². The molecule has 2 N–H and O–H groups in total. The third-order valence-electron chi connectivity index (χ3n) is 5.45. The molecule has 2 heterocycles. The molecule has 28 heavy (non-hydrogen) atoms. The Balaban J connectivity index is 0.00000392. The first-order valence-corrected chi connectivity index (χ1v) is 11.2. The van der Waals surface area contributed by atoms with Gasteiger partial charge in [0.2, 0.25) is 0 Å². The standard InChI is InChI=1S/C21H40N6.HI/c1-4-7-12-18(5-2)17-24-21(22-6-3)23-15-11-14-20-26-25-19-13-9-8-10-16-27(19)20;/h18H,4-17H2,1-3H3,(H2,22,23,24);1H. The van der Waals surface area contributed by atoms with Gasteiger partial charge in [0.25, 0.3) is 0 Å². The summed E-state index contributed by atoms with van der Waals surface area (Å²) in [6.45, 7) is 10.5. The van der Waals surface area contributed by atoms with Gasteiger partial charge in [-0.25, -0.2) is 0 Å². The zero-order valence-electron chi connectivity index (χ0n) is 18.2. The van der Waals surface area contributed by atoms with Crippen LogP contribution < -0.4 is 10.6 Å². The number of aryl methyl sites for hydroxylation is 2. The van der Waals surface area contributed by atoms with Crippen LogP contribution in [0.1, 0.15) is 83.8 Å². The number of aliphatic imine (C=N–C) groups is 1. The van der Waals surface area contributed by atoms with E-state index in [1.54, 1.807) is 0 Å². The molecule has 0 bridgehead atoms. The van der Waals surface area contributed by atoms with E-state index in [-0.39, 0.29) is 24.0 Å². The Morgan fingerprint density at radius 1 is 1.11 bits per heavy atom. The Morgan fingerprint density at radius 3 is 2.71 bits per heavy atom. The molecule has 162 valence electrons. The summed E-state index contributed by atoms with van der Waals surface area (Å²) in [6, 6.07) is 0. The second-order valence-electron chi connectivity index (χ2n) is 7.66. The summed E-state index contributed by atoms with van der Waals surface area (Å²) in [7, 11) is 0. The number of aromatic nitrogens is 3. The number of halogens is 1. The highest BCUT2D eigenvalue weighted by atomic mass is 127. The van der Waals surface area contributed by atoms with Crippen molar-refractivity contribution in [1.82, 2.24) is 25.4 Å². The Hall–Kier alpha value is -0.860. The number of nitrogens with one attached hydrogen (secondary N) is 2. The van der Waals surface area contributed by atoms with Gasteiger partial charge in [-0.15, -0.1) is 34.2 Å². The number of unbranched alkanes of at least 4 members (excludes halogenated alkanes) is 1. The number of guanidine groups is 1. The average molecular weight is 505 g/mol. The Labute approximate surface area is 188 Å². The fourth-order valence-corrected chi connectivity index (χ4v) is 3.66. The number of rotatable bonds is 11. The molecule has 0 aliphatic carbocycles. The molecule has 1 unspecified atom stereocenters. The average Bonchev–Trinajstić information content (AvgIpc) is 2.91. The molecule has 1 atom stereocenters. The Morgan fingerprint density at radius 2 is 1.96 bits per heavy atom. The normalized spacial score (nSPS) is 15.3. The number of nitrogens with zero attached hydrogens (tertiary/aromatic N) is 4. The van der Waals surface area contributed by atoms with Crippen LogP contribution in [0.5, 0.6) is 0 Å². The number of fused-ring (bicyclic) bond motifs is 1. The van der Waals surface area contributed by atoms with E-state index in [1.807, 2.05) is 0 Å². The molecule has 0 saturated carbocycles. The minimum Gasteiger partial charge on any atom is -0.357 e. The second-order valence-corrected chi connectivity index (χ2v) is 7.66. The van der Waals surface area contributed by atoms with Crippen LogP contribution in [0, 0.1) is 5.92 Å². The van der Waals surface area contributed by atoms with Crippen molar-refractivity contribution in [3.63, 3.8) is 0 Å². The van der Waals surface area contributed by atoms with Crippen LogP contribution in [0.4, 0.5) is 0 Å². The van der Waals surface area contributed by atoms with Crippen LogP contribution >= 0.6 is 24.0 Å². The van der Waals surface area contributed by atoms with E-state index in [9.17, 15) is 0 Å². The fourth-order valence-electron chi connectivity index (χ4n) is 3.66. The van der Waals surface area contributed by atoms with E-state index in [4.69, 9.17) is 4.99 Å². The van der Waals surface area contributed by atoms with E-state index >= 15 is 0 Å². The molecule has 0 aromatic carbocycles. The van der Waals surface area contributed by atoms with Crippen molar-refractivity contribution in [2.75, 3.05) is 19.6 Å². The first kappa shape index (κ1) is 25.2. The highest BCUT2D eigenvalue weighted by Gasteiger charge is 2.14. The van der Waals surface area contributed by atoms with Crippen molar-refractivity contribution in [1.29, 1.82) is 0 Å². The molecule has 0 fully saturated rings. The summed E-state index contributed by atoms with van der Waals surface area (Å²) in [5.74, 6) is 3.99.